The number of carboxylic acid groups (broad SMARTS) is 1. The van der Waals surface area contributed by atoms with Crippen LogP contribution in [0, 0.1) is 0 Å². The first-order chi connectivity index (χ1) is 9.49. The van der Waals surface area contributed by atoms with Crippen LogP contribution in [0.2, 0.25) is 0 Å². The van der Waals surface area contributed by atoms with E-state index >= 15 is 0 Å². The summed E-state index contributed by atoms with van der Waals surface area (Å²) in [6.07, 6.45) is 0. The highest BCUT2D eigenvalue weighted by Gasteiger charge is 2.13. The molecule has 0 aliphatic carbocycles. The average Bonchev–Trinajstić information content (AvgIpc) is 2.44. The molecule has 0 aliphatic rings. The Hall–Kier alpha value is -2.28. The molecule has 0 atom stereocenters. The van der Waals surface area contributed by atoms with Crippen molar-refractivity contribution in [3.63, 3.8) is 0 Å². The molecular formula is C13H18N2O5. The molecule has 20 heavy (non-hydrogen) atoms. The lowest BCUT2D eigenvalue weighted by molar-refractivity contribution is 0.0693. The number of urea groups is 1. The molecular weight excluding hydrogens is 264 g/mol. The van der Waals surface area contributed by atoms with Crippen molar-refractivity contribution < 1.29 is 24.2 Å². The van der Waals surface area contributed by atoms with Gasteiger partial charge in [-0.3, -0.25) is 0 Å². The van der Waals surface area contributed by atoms with Crippen LogP contribution in [0.1, 0.15) is 10.4 Å². The number of carbonyl (C=O) groups is 2. The van der Waals surface area contributed by atoms with Crippen molar-refractivity contribution in [1.82, 2.24) is 4.90 Å². The van der Waals surface area contributed by atoms with Crippen molar-refractivity contribution in [3.8, 4) is 5.75 Å². The Morgan fingerprint density at radius 3 is 2.60 bits per heavy atom. The summed E-state index contributed by atoms with van der Waals surface area (Å²) in [5, 5.41) is 11.6. The highest BCUT2D eigenvalue weighted by molar-refractivity contribution is 5.94. The van der Waals surface area contributed by atoms with E-state index in [0.29, 0.717) is 18.8 Å². The number of nitrogens with zero attached hydrogens (tertiary/aromatic N) is 1. The van der Waals surface area contributed by atoms with Gasteiger partial charge in [-0.2, -0.15) is 0 Å². The van der Waals surface area contributed by atoms with Gasteiger partial charge in [-0.25, -0.2) is 9.59 Å². The van der Waals surface area contributed by atoms with Crippen molar-refractivity contribution in [2.24, 2.45) is 0 Å². The predicted octanol–water partition coefficient (Wildman–Crippen LogP) is 1.50. The second-order valence-electron chi connectivity index (χ2n) is 4.06. The fraction of sp³-hybridized carbons (Fsp3) is 0.385. The normalized spacial score (nSPS) is 9.95. The number of hydrogen-bond acceptors (Lipinski definition) is 4. The van der Waals surface area contributed by atoms with Crippen LogP contribution in [-0.4, -0.2) is 56.4 Å². The van der Waals surface area contributed by atoms with Crippen molar-refractivity contribution in [2.75, 3.05) is 39.7 Å². The van der Waals surface area contributed by atoms with Crippen LogP contribution in [0.3, 0.4) is 0 Å². The fourth-order valence-corrected chi connectivity index (χ4v) is 1.49. The van der Waals surface area contributed by atoms with Crippen LogP contribution < -0.4 is 10.1 Å². The predicted molar refractivity (Wildman–Crippen MR) is 73.5 cm³/mol. The molecule has 0 fully saturated rings. The van der Waals surface area contributed by atoms with Crippen molar-refractivity contribution in [2.45, 2.75) is 0 Å². The zero-order chi connectivity index (χ0) is 15.1. The zero-order valence-corrected chi connectivity index (χ0v) is 11.7. The second kappa shape index (κ2) is 7.34. The van der Waals surface area contributed by atoms with E-state index in [9.17, 15) is 9.59 Å². The van der Waals surface area contributed by atoms with Crippen molar-refractivity contribution in [1.29, 1.82) is 0 Å². The van der Waals surface area contributed by atoms with Crippen LogP contribution in [0.4, 0.5) is 10.5 Å². The van der Waals surface area contributed by atoms with Crippen LogP contribution >= 0.6 is 0 Å². The van der Waals surface area contributed by atoms with E-state index in [1.807, 2.05) is 0 Å². The third-order valence-corrected chi connectivity index (χ3v) is 2.66. The summed E-state index contributed by atoms with van der Waals surface area (Å²) in [6, 6.07) is 4.04. The van der Waals surface area contributed by atoms with Crippen LogP contribution in [0.5, 0.6) is 5.75 Å². The van der Waals surface area contributed by atoms with Gasteiger partial charge in [0.05, 0.1) is 13.7 Å². The smallest absolute Gasteiger partial charge is 0.339 e. The minimum atomic E-state index is -1.09. The van der Waals surface area contributed by atoms with Gasteiger partial charge in [-0.1, -0.05) is 0 Å². The Morgan fingerprint density at radius 1 is 1.35 bits per heavy atom. The number of ether oxygens (including phenoxy) is 2. The Bertz CT molecular complexity index is 490. The molecule has 110 valence electrons. The first kappa shape index (κ1) is 15.8. The van der Waals surface area contributed by atoms with Crippen molar-refractivity contribution in [3.05, 3.63) is 23.8 Å². The second-order valence-corrected chi connectivity index (χ2v) is 4.06. The first-order valence-electron chi connectivity index (χ1n) is 5.92. The van der Waals surface area contributed by atoms with E-state index in [1.165, 1.54) is 30.2 Å². The molecule has 0 saturated carbocycles. The molecule has 2 N–H and O–H groups in total. The van der Waals surface area contributed by atoms with Gasteiger partial charge in [0.15, 0.2) is 0 Å². The average molecular weight is 282 g/mol. The number of anilines is 1. The quantitative estimate of drug-likeness (QED) is 0.825. The van der Waals surface area contributed by atoms with Gasteiger partial charge in [-0.05, 0) is 12.1 Å². The Kier molecular flexibility index (Phi) is 5.79. The fourth-order valence-electron chi connectivity index (χ4n) is 1.49. The Labute approximate surface area is 117 Å². The van der Waals surface area contributed by atoms with Gasteiger partial charge in [0.2, 0.25) is 0 Å². The lowest BCUT2D eigenvalue weighted by Gasteiger charge is -2.17. The number of carboxylic acids is 1. The summed E-state index contributed by atoms with van der Waals surface area (Å²) in [7, 11) is 4.57. The molecule has 1 rings (SSSR count). The molecule has 0 bridgehead atoms. The van der Waals surface area contributed by atoms with Crippen molar-refractivity contribution >= 4 is 17.7 Å². The monoisotopic (exact) mass is 282 g/mol. The van der Waals surface area contributed by atoms with E-state index in [0.717, 1.165) is 0 Å². The van der Waals surface area contributed by atoms with Gasteiger partial charge in [0.1, 0.15) is 11.3 Å². The number of rotatable bonds is 6. The topological polar surface area (TPSA) is 88.1 Å². The third-order valence-electron chi connectivity index (χ3n) is 2.66. The summed E-state index contributed by atoms with van der Waals surface area (Å²) < 4.78 is 9.87. The van der Waals surface area contributed by atoms with E-state index in [2.05, 4.69) is 5.32 Å². The molecule has 2 amide bonds. The standard InChI is InChI=1S/C13H18N2O5/c1-15(6-7-19-2)13(18)14-9-4-5-10(12(16)17)11(8-9)20-3/h4-5,8H,6-7H2,1-3H3,(H,14,18)(H,16,17). The largest absolute Gasteiger partial charge is 0.496 e. The van der Waals surface area contributed by atoms with Gasteiger partial charge >= 0.3 is 12.0 Å². The number of aromatic carboxylic acids is 1. The van der Waals surface area contributed by atoms with E-state index in [-0.39, 0.29) is 17.3 Å². The molecule has 0 aliphatic heterocycles. The molecule has 0 aromatic heterocycles. The molecule has 7 heteroatoms. The number of hydrogen-bond donors (Lipinski definition) is 2. The zero-order valence-electron chi connectivity index (χ0n) is 11.7. The van der Waals surface area contributed by atoms with Crippen LogP contribution in [0.25, 0.3) is 0 Å². The maximum Gasteiger partial charge on any atom is 0.339 e. The molecule has 0 unspecified atom stereocenters. The van der Waals surface area contributed by atoms with E-state index < -0.39 is 5.97 Å². The molecule has 0 spiro atoms. The lowest BCUT2D eigenvalue weighted by atomic mass is 10.2. The molecule has 1 aromatic rings. The van der Waals surface area contributed by atoms with Gasteiger partial charge < -0.3 is 24.8 Å². The first-order valence-corrected chi connectivity index (χ1v) is 5.92. The van der Waals surface area contributed by atoms with Crippen LogP contribution in [-0.2, 0) is 4.74 Å². The summed E-state index contributed by atoms with van der Waals surface area (Å²) in [4.78, 5) is 24.2. The lowest BCUT2D eigenvalue weighted by Crippen LogP contribution is -2.33. The Balaban J connectivity index is 2.78. The maximum atomic E-state index is 11.8. The number of benzene rings is 1. The Morgan fingerprint density at radius 2 is 2.05 bits per heavy atom. The van der Waals surface area contributed by atoms with E-state index in [1.54, 1.807) is 14.2 Å². The summed E-state index contributed by atoms with van der Waals surface area (Å²) in [5.41, 5.74) is 0.499. The minimum absolute atomic E-state index is 0.0400. The van der Waals surface area contributed by atoms with Gasteiger partial charge in [-0.15, -0.1) is 0 Å². The molecule has 0 saturated heterocycles. The number of likely N-dealkylation sites (N-methyl/N-ethyl adjacent to an activating group) is 1. The maximum absolute atomic E-state index is 11.8. The number of methoxy groups -OCH3 is 2. The highest BCUT2D eigenvalue weighted by atomic mass is 16.5. The SMILES string of the molecule is COCCN(C)C(=O)Nc1ccc(C(=O)O)c(OC)c1. The van der Waals surface area contributed by atoms with Gasteiger partial charge in [0.25, 0.3) is 0 Å². The summed E-state index contributed by atoms with van der Waals surface area (Å²) >= 11 is 0. The molecule has 1 aromatic carbocycles. The number of nitrogens with one attached hydrogen (secondary N) is 1. The molecule has 0 radical (unpaired) electrons. The number of carbonyl (C=O) groups excluding carboxylic acids is 1. The van der Waals surface area contributed by atoms with Crippen LogP contribution in [0.15, 0.2) is 18.2 Å². The summed E-state index contributed by atoms with van der Waals surface area (Å²) in [5.74, 6) is -0.896. The number of amides is 2. The molecule has 0 heterocycles. The summed E-state index contributed by atoms with van der Waals surface area (Å²) in [6.45, 7) is 0.887. The van der Waals surface area contributed by atoms with E-state index in [4.69, 9.17) is 14.6 Å². The minimum Gasteiger partial charge on any atom is -0.496 e. The highest BCUT2D eigenvalue weighted by Crippen LogP contribution is 2.23. The molecule has 7 nitrogen and oxygen atoms in total. The third kappa shape index (κ3) is 4.13. The van der Waals surface area contributed by atoms with Gasteiger partial charge in [0, 0.05) is 32.5 Å².